The molecule has 1 heterocycles. The van der Waals surface area contributed by atoms with Gasteiger partial charge in [0.15, 0.2) is 4.77 Å². The van der Waals surface area contributed by atoms with Crippen molar-refractivity contribution in [3.63, 3.8) is 0 Å². The van der Waals surface area contributed by atoms with Crippen molar-refractivity contribution in [2.45, 2.75) is 20.4 Å². The van der Waals surface area contributed by atoms with Gasteiger partial charge in [0.25, 0.3) is 11.5 Å². The highest BCUT2D eigenvalue weighted by Gasteiger charge is 2.10. The van der Waals surface area contributed by atoms with Crippen molar-refractivity contribution in [2.24, 2.45) is 0 Å². The Morgan fingerprint density at radius 1 is 1.40 bits per heavy atom. The number of hydrogen-bond donors (Lipinski definition) is 2. The van der Waals surface area contributed by atoms with E-state index in [4.69, 9.17) is 12.2 Å². The van der Waals surface area contributed by atoms with E-state index in [1.165, 1.54) is 4.57 Å². The van der Waals surface area contributed by atoms with Gasteiger partial charge in [-0.1, -0.05) is 19.9 Å². The number of nitrogens with zero attached hydrogens (tertiary/aromatic N) is 2. The molecule has 7 heteroatoms. The lowest BCUT2D eigenvalue weighted by atomic mass is 10.1. The number of likely N-dealkylation sites (N-methyl/N-ethyl adjacent to an activating group) is 1. The number of H-pyrrole nitrogens is 1. The largest absolute Gasteiger partial charge is 0.351 e. The van der Waals surface area contributed by atoms with Crippen LogP contribution >= 0.6 is 12.2 Å². The third kappa shape index (κ3) is 4.43. The number of fused-ring (bicyclic) bond motifs is 1. The first kappa shape index (κ1) is 19.1. The van der Waals surface area contributed by atoms with Gasteiger partial charge in [-0.2, -0.15) is 0 Å². The monoisotopic (exact) mass is 360 g/mol. The topological polar surface area (TPSA) is 70.1 Å². The van der Waals surface area contributed by atoms with Crippen LogP contribution in [-0.2, 0) is 6.54 Å². The first-order chi connectivity index (χ1) is 12.0. The summed E-state index contributed by atoms with van der Waals surface area (Å²) in [6.07, 6.45) is 1.62. The third-order valence-corrected chi connectivity index (χ3v) is 4.49. The van der Waals surface area contributed by atoms with E-state index < -0.39 is 0 Å². The molecule has 0 radical (unpaired) electrons. The molecule has 134 valence electrons. The van der Waals surface area contributed by atoms with Crippen LogP contribution in [0.25, 0.3) is 10.9 Å². The molecule has 1 aromatic heterocycles. The molecular weight excluding hydrogens is 336 g/mol. The van der Waals surface area contributed by atoms with Crippen LogP contribution in [-0.4, -0.2) is 46.5 Å². The van der Waals surface area contributed by atoms with E-state index in [9.17, 15) is 9.59 Å². The van der Waals surface area contributed by atoms with Crippen LogP contribution in [0.15, 0.2) is 35.6 Å². The maximum atomic E-state index is 12.5. The van der Waals surface area contributed by atoms with Gasteiger partial charge in [0.2, 0.25) is 0 Å². The molecule has 2 aromatic rings. The standard InChI is InChI=1S/C18H24N4O2S/c1-4-10-22-17(24)14-8-7-13(12-15(14)20-18(22)25)16(23)19-9-11-21(5-2)6-3/h4,7-8,12H,1,5-6,9-11H2,2-3H3,(H,19,23)(H,20,25). The Morgan fingerprint density at radius 3 is 2.76 bits per heavy atom. The fourth-order valence-electron chi connectivity index (χ4n) is 2.66. The van der Waals surface area contributed by atoms with Crippen LogP contribution in [0.4, 0.5) is 0 Å². The number of amides is 1. The molecule has 0 atom stereocenters. The van der Waals surface area contributed by atoms with Crippen molar-refractivity contribution in [1.82, 2.24) is 19.8 Å². The molecule has 6 nitrogen and oxygen atoms in total. The maximum absolute atomic E-state index is 12.5. The molecular formula is C18H24N4O2S. The highest BCUT2D eigenvalue weighted by Crippen LogP contribution is 2.11. The summed E-state index contributed by atoms with van der Waals surface area (Å²) in [5.74, 6) is -0.163. The first-order valence-electron chi connectivity index (χ1n) is 8.40. The summed E-state index contributed by atoms with van der Waals surface area (Å²) in [7, 11) is 0. The van der Waals surface area contributed by atoms with Gasteiger partial charge in [-0.25, -0.2) is 0 Å². The quantitative estimate of drug-likeness (QED) is 0.560. The molecule has 0 aliphatic rings. The Bertz CT molecular complexity index is 881. The van der Waals surface area contributed by atoms with Crippen LogP contribution in [0, 0.1) is 4.77 Å². The van der Waals surface area contributed by atoms with E-state index in [1.54, 1.807) is 24.3 Å². The second-order valence-electron chi connectivity index (χ2n) is 5.68. The summed E-state index contributed by atoms with van der Waals surface area (Å²) in [6.45, 7) is 11.5. The van der Waals surface area contributed by atoms with Crippen molar-refractivity contribution >= 4 is 29.0 Å². The molecule has 25 heavy (non-hydrogen) atoms. The number of allylic oxidation sites excluding steroid dienone is 1. The minimum Gasteiger partial charge on any atom is -0.351 e. The molecule has 0 fully saturated rings. The molecule has 0 bridgehead atoms. The van der Waals surface area contributed by atoms with Gasteiger partial charge in [0, 0.05) is 25.2 Å². The second kappa shape index (κ2) is 8.73. The average molecular weight is 360 g/mol. The lowest BCUT2D eigenvalue weighted by Crippen LogP contribution is -2.34. The summed E-state index contributed by atoms with van der Waals surface area (Å²) < 4.78 is 1.76. The fraction of sp³-hybridized carbons (Fsp3) is 0.389. The minimum absolute atomic E-state index is 0.163. The Balaban J connectivity index is 2.22. The fourth-order valence-corrected chi connectivity index (χ4v) is 2.93. The van der Waals surface area contributed by atoms with Gasteiger partial charge in [0.05, 0.1) is 10.9 Å². The van der Waals surface area contributed by atoms with Gasteiger partial charge in [0.1, 0.15) is 0 Å². The van der Waals surface area contributed by atoms with Crippen LogP contribution in [0.5, 0.6) is 0 Å². The molecule has 0 unspecified atom stereocenters. The molecule has 2 N–H and O–H groups in total. The van der Waals surface area contributed by atoms with Gasteiger partial charge < -0.3 is 15.2 Å². The first-order valence-corrected chi connectivity index (χ1v) is 8.81. The molecule has 1 amide bonds. The van der Waals surface area contributed by atoms with Crippen molar-refractivity contribution in [3.05, 3.63) is 51.5 Å². The summed E-state index contributed by atoms with van der Waals surface area (Å²) in [5, 5.41) is 3.40. The molecule has 0 spiro atoms. The van der Waals surface area contributed by atoms with Gasteiger partial charge >= 0.3 is 0 Å². The van der Waals surface area contributed by atoms with Crippen molar-refractivity contribution in [3.8, 4) is 0 Å². The van der Waals surface area contributed by atoms with Gasteiger partial charge in [-0.3, -0.25) is 14.2 Å². The van der Waals surface area contributed by atoms with Crippen LogP contribution in [0.2, 0.25) is 0 Å². The molecule has 0 saturated heterocycles. The van der Waals surface area contributed by atoms with E-state index in [1.807, 2.05) is 0 Å². The lowest BCUT2D eigenvalue weighted by Gasteiger charge is -2.18. The number of nitrogens with one attached hydrogen (secondary N) is 2. The van der Waals surface area contributed by atoms with Gasteiger partial charge in [-0.15, -0.1) is 6.58 Å². The van der Waals surface area contributed by atoms with Crippen LogP contribution in [0.1, 0.15) is 24.2 Å². The second-order valence-corrected chi connectivity index (χ2v) is 6.06. The summed E-state index contributed by atoms with van der Waals surface area (Å²) in [6, 6.07) is 4.98. The molecule has 2 rings (SSSR count). The highest BCUT2D eigenvalue weighted by atomic mass is 32.1. The zero-order valence-electron chi connectivity index (χ0n) is 14.7. The molecule has 0 aliphatic heterocycles. The number of carbonyl (C=O) groups is 1. The van der Waals surface area contributed by atoms with Crippen molar-refractivity contribution in [1.29, 1.82) is 0 Å². The Morgan fingerprint density at radius 2 is 2.12 bits per heavy atom. The molecule has 0 aliphatic carbocycles. The number of benzene rings is 1. The Labute approximate surface area is 152 Å². The lowest BCUT2D eigenvalue weighted by molar-refractivity contribution is 0.0949. The van der Waals surface area contributed by atoms with E-state index in [0.717, 1.165) is 19.6 Å². The molecule has 1 aromatic carbocycles. The van der Waals surface area contributed by atoms with Crippen LogP contribution < -0.4 is 10.9 Å². The van der Waals surface area contributed by atoms with E-state index >= 15 is 0 Å². The number of aromatic nitrogens is 2. The van der Waals surface area contributed by atoms with Crippen molar-refractivity contribution < 1.29 is 4.79 Å². The third-order valence-electron chi connectivity index (χ3n) is 4.16. The summed E-state index contributed by atoms with van der Waals surface area (Å²) in [4.78, 5) is 30.0. The number of hydrogen-bond acceptors (Lipinski definition) is 4. The van der Waals surface area contributed by atoms with E-state index in [2.05, 4.69) is 35.6 Å². The molecule has 0 saturated carbocycles. The number of aromatic amines is 1. The number of carbonyl (C=O) groups excluding carboxylic acids is 1. The SMILES string of the molecule is C=CCn1c(=S)[nH]c2cc(C(=O)NCCN(CC)CC)ccc2c1=O. The van der Waals surface area contributed by atoms with Crippen molar-refractivity contribution in [2.75, 3.05) is 26.2 Å². The Kier molecular flexibility index (Phi) is 6.66. The van der Waals surface area contributed by atoms with E-state index in [0.29, 0.717) is 34.3 Å². The Hall–Kier alpha value is -2.25. The van der Waals surface area contributed by atoms with Crippen LogP contribution in [0.3, 0.4) is 0 Å². The normalized spacial score (nSPS) is 11.0. The summed E-state index contributed by atoms with van der Waals surface area (Å²) >= 11 is 5.22. The predicted octanol–water partition coefficient (Wildman–Crippen LogP) is 2.32. The predicted molar refractivity (Wildman–Crippen MR) is 104 cm³/mol. The smallest absolute Gasteiger partial charge is 0.262 e. The summed E-state index contributed by atoms with van der Waals surface area (Å²) in [5.41, 5.74) is 0.873. The van der Waals surface area contributed by atoms with Gasteiger partial charge in [-0.05, 0) is 43.5 Å². The minimum atomic E-state index is -0.188. The average Bonchev–Trinajstić information content (AvgIpc) is 2.61. The zero-order chi connectivity index (χ0) is 18.4. The maximum Gasteiger partial charge on any atom is 0.262 e. The zero-order valence-corrected chi connectivity index (χ0v) is 15.5. The van der Waals surface area contributed by atoms with E-state index in [-0.39, 0.29) is 11.5 Å². The number of rotatable bonds is 8. The highest BCUT2D eigenvalue weighted by molar-refractivity contribution is 7.71.